The normalized spacial score (nSPS) is 12.2. The lowest BCUT2D eigenvalue weighted by atomic mass is 10.1. The Balaban J connectivity index is 2.65. The average molecular weight is 229 g/mol. The fourth-order valence-electron chi connectivity index (χ4n) is 1.18. The summed E-state index contributed by atoms with van der Waals surface area (Å²) in [6, 6.07) is 3.01. The number of pyridine rings is 1. The highest BCUT2D eigenvalue weighted by Crippen LogP contribution is 2.21. The smallest absolute Gasteiger partial charge is 0.307 e. The van der Waals surface area contributed by atoms with Crippen LogP contribution >= 0.6 is 11.6 Å². The molecule has 0 unspecified atom stereocenters. The molecule has 1 atom stereocenters. The van der Waals surface area contributed by atoms with Crippen LogP contribution in [0.25, 0.3) is 0 Å². The quantitative estimate of drug-likeness (QED) is 0.629. The summed E-state index contributed by atoms with van der Waals surface area (Å²) in [6.07, 6.45) is 1.68. The van der Waals surface area contributed by atoms with E-state index < -0.39 is 6.04 Å². The molecule has 0 aliphatic rings. The summed E-state index contributed by atoms with van der Waals surface area (Å²) in [5.74, 6) is -0.329. The van der Waals surface area contributed by atoms with Gasteiger partial charge in [-0.3, -0.25) is 4.79 Å². The van der Waals surface area contributed by atoms with Crippen LogP contribution in [-0.2, 0) is 9.53 Å². The van der Waals surface area contributed by atoms with Crippen molar-refractivity contribution >= 4 is 17.6 Å². The number of hydrogen-bond donors (Lipinski definition) is 1. The Bertz CT molecular complexity index is 344. The van der Waals surface area contributed by atoms with Crippen molar-refractivity contribution in [3.63, 3.8) is 0 Å². The number of halogens is 1. The van der Waals surface area contributed by atoms with Crippen LogP contribution in [0.4, 0.5) is 0 Å². The van der Waals surface area contributed by atoms with Gasteiger partial charge in [0, 0.05) is 17.8 Å². The van der Waals surface area contributed by atoms with Gasteiger partial charge >= 0.3 is 5.97 Å². The molecule has 82 valence electrons. The molecule has 0 aliphatic carbocycles. The minimum Gasteiger partial charge on any atom is -0.466 e. The number of nitrogens with two attached hydrogens (primary N) is 1. The Morgan fingerprint density at radius 3 is 3.07 bits per heavy atom. The molecule has 5 heteroatoms. The van der Waals surface area contributed by atoms with Crippen molar-refractivity contribution in [1.29, 1.82) is 0 Å². The van der Waals surface area contributed by atoms with Crippen LogP contribution in [-0.4, -0.2) is 17.6 Å². The van der Waals surface area contributed by atoms with Gasteiger partial charge in [0.1, 0.15) is 5.15 Å². The van der Waals surface area contributed by atoms with Crippen molar-refractivity contribution in [3.8, 4) is 0 Å². The maximum atomic E-state index is 11.2. The van der Waals surface area contributed by atoms with Gasteiger partial charge in [-0.05, 0) is 13.0 Å². The highest BCUT2D eigenvalue weighted by atomic mass is 35.5. The highest BCUT2D eigenvalue weighted by Gasteiger charge is 2.15. The van der Waals surface area contributed by atoms with Crippen molar-refractivity contribution in [2.45, 2.75) is 19.4 Å². The van der Waals surface area contributed by atoms with E-state index in [1.165, 1.54) is 0 Å². The topological polar surface area (TPSA) is 65.2 Å². The van der Waals surface area contributed by atoms with E-state index in [1.807, 2.05) is 0 Å². The van der Waals surface area contributed by atoms with E-state index in [-0.39, 0.29) is 12.4 Å². The number of esters is 1. The molecule has 0 amide bonds. The van der Waals surface area contributed by atoms with Gasteiger partial charge in [0.15, 0.2) is 0 Å². The predicted molar refractivity (Wildman–Crippen MR) is 57.4 cm³/mol. The fraction of sp³-hybridized carbons (Fsp3) is 0.400. The number of ether oxygens (including phenoxy) is 1. The molecule has 15 heavy (non-hydrogen) atoms. The van der Waals surface area contributed by atoms with E-state index in [9.17, 15) is 4.79 Å². The molecule has 0 saturated carbocycles. The van der Waals surface area contributed by atoms with Crippen LogP contribution in [0.5, 0.6) is 0 Å². The Labute approximate surface area is 93.4 Å². The van der Waals surface area contributed by atoms with E-state index in [1.54, 1.807) is 25.3 Å². The van der Waals surface area contributed by atoms with Crippen molar-refractivity contribution in [2.24, 2.45) is 5.73 Å². The summed E-state index contributed by atoms with van der Waals surface area (Å²) < 4.78 is 4.79. The van der Waals surface area contributed by atoms with Crippen LogP contribution < -0.4 is 5.73 Å². The Morgan fingerprint density at radius 2 is 2.47 bits per heavy atom. The molecule has 1 heterocycles. The van der Waals surface area contributed by atoms with Gasteiger partial charge in [-0.1, -0.05) is 17.7 Å². The third-order valence-electron chi connectivity index (χ3n) is 1.88. The molecule has 0 saturated heterocycles. The van der Waals surface area contributed by atoms with E-state index >= 15 is 0 Å². The van der Waals surface area contributed by atoms with Gasteiger partial charge in [-0.15, -0.1) is 0 Å². The Morgan fingerprint density at radius 1 is 1.73 bits per heavy atom. The van der Waals surface area contributed by atoms with Crippen molar-refractivity contribution < 1.29 is 9.53 Å². The molecule has 0 radical (unpaired) electrons. The van der Waals surface area contributed by atoms with Gasteiger partial charge in [-0.25, -0.2) is 4.98 Å². The summed E-state index contributed by atoms with van der Waals surface area (Å²) in [5, 5.41) is 0.328. The van der Waals surface area contributed by atoms with Gasteiger partial charge in [0.25, 0.3) is 0 Å². The number of carbonyl (C=O) groups excluding carboxylic acids is 1. The van der Waals surface area contributed by atoms with E-state index in [0.29, 0.717) is 17.3 Å². The Hall–Kier alpha value is -1.13. The molecule has 0 aromatic carbocycles. The zero-order valence-electron chi connectivity index (χ0n) is 8.44. The molecule has 0 aliphatic heterocycles. The first-order valence-electron chi connectivity index (χ1n) is 4.66. The molecule has 2 N–H and O–H groups in total. The van der Waals surface area contributed by atoms with Crippen LogP contribution in [0, 0.1) is 0 Å². The zero-order valence-corrected chi connectivity index (χ0v) is 9.20. The molecule has 1 aromatic rings. The first kappa shape index (κ1) is 11.9. The van der Waals surface area contributed by atoms with Gasteiger partial charge in [-0.2, -0.15) is 0 Å². The third kappa shape index (κ3) is 3.49. The lowest BCUT2D eigenvalue weighted by molar-refractivity contribution is -0.143. The summed E-state index contributed by atoms with van der Waals surface area (Å²) >= 11 is 5.84. The number of hydrogen-bond acceptors (Lipinski definition) is 4. The number of carbonyl (C=O) groups is 1. The average Bonchev–Trinajstić information content (AvgIpc) is 2.18. The second-order valence-corrected chi connectivity index (χ2v) is 3.36. The first-order valence-corrected chi connectivity index (χ1v) is 5.04. The van der Waals surface area contributed by atoms with Gasteiger partial charge in [0.2, 0.25) is 0 Å². The van der Waals surface area contributed by atoms with E-state index in [0.717, 1.165) is 0 Å². The Kier molecular flexibility index (Phi) is 4.52. The summed E-state index contributed by atoms with van der Waals surface area (Å²) in [7, 11) is 0. The predicted octanol–water partition coefficient (Wildman–Crippen LogP) is 1.69. The van der Waals surface area contributed by atoms with Crippen LogP contribution in [0.1, 0.15) is 24.9 Å². The molecule has 1 aromatic heterocycles. The van der Waals surface area contributed by atoms with Gasteiger partial charge < -0.3 is 10.5 Å². The monoisotopic (exact) mass is 228 g/mol. The molecular weight excluding hydrogens is 216 g/mol. The molecule has 1 rings (SSSR count). The highest BCUT2D eigenvalue weighted by molar-refractivity contribution is 6.30. The lowest BCUT2D eigenvalue weighted by Crippen LogP contribution is -2.17. The third-order valence-corrected chi connectivity index (χ3v) is 2.20. The standard InChI is InChI=1S/C10H13ClN2O2/c1-2-15-9(14)6-8(12)7-4-3-5-13-10(7)11/h3-5,8H,2,6,12H2,1H3/t8-/m0/s1. The van der Waals surface area contributed by atoms with Crippen molar-refractivity contribution in [2.75, 3.05) is 6.61 Å². The fourth-order valence-corrected chi connectivity index (χ4v) is 1.44. The second-order valence-electron chi connectivity index (χ2n) is 3.00. The van der Waals surface area contributed by atoms with Crippen LogP contribution in [0.15, 0.2) is 18.3 Å². The molecule has 0 fully saturated rings. The van der Waals surface area contributed by atoms with E-state index in [2.05, 4.69) is 4.98 Å². The number of aromatic nitrogens is 1. The maximum absolute atomic E-state index is 11.2. The first-order chi connectivity index (χ1) is 7.15. The molecule has 0 bridgehead atoms. The van der Waals surface area contributed by atoms with Crippen LogP contribution in [0.2, 0.25) is 5.15 Å². The van der Waals surface area contributed by atoms with E-state index in [4.69, 9.17) is 22.1 Å². The summed E-state index contributed by atoms with van der Waals surface area (Å²) in [4.78, 5) is 15.1. The zero-order chi connectivity index (χ0) is 11.3. The molecule has 4 nitrogen and oxygen atoms in total. The summed E-state index contributed by atoms with van der Waals surface area (Å²) in [6.45, 7) is 2.10. The number of nitrogens with zero attached hydrogens (tertiary/aromatic N) is 1. The largest absolute Gasteiger partial charge is 0.466 e. The van der Waals surface area contributed by atoms with Crippen molar-refractivity contribution in [3.05, 3.63) is 29.0 Å². The second kappa shape index (κ2) is 5.68. The SMILES string of the molecule is CCOC(=O)C[C@H](N)c1cccnc1Cl. The number of rotatable bonds is 4. The molecular formula is C10H13ClN2O2. The minimum absolute atomic E-state index is 0.110. The molecule has 0 spiro atoms. The summed E-state index contributed by atoms with van der Waals surface area (Å²) in [5.41, 5.74) is 6.46. The minimum atomic E-state index is -0.467. The van der Waals surface area contributed by atoms with Gasteiger partial charge in [0.05, 0.1) is 13.0 Å². The lowest BCUT2D eigenvalue weighted by Gasteiger charge is -2.11. The van der Waals surface area contributed by atoms with Crippen LogP contribution in [0.3, 0.4) is 0 Å². The maximum Gasteiger partial charge on any atom is 0.307 e. The van der Waals surface area contributed by atoms with Crippen molar-refractivity contribution in [1.82, 2.24) is 4.98 Å².